The Morgan fingerprint density at radius 3 is 2.51 bits per heavy atom. The van der Waals surface area contributed by atoms with Crippen LogP contribution in [0.4, 0.5) is 0 Å². The van der Waals surface area contributed by atoms with Gasteiger partial charge in [-0.1, -0.05) is 62.4 Å². The Bertz CT molecular complexity index is 906. The van der Waals surface area contributed by atoms with Crippen LogP contribution in [0.2, 0.25) is 0 Å². The standard InChI is InChI=1S/C29H40O6/c1-22-9-7-8-12-26(22)28-18-24(13-14-27(28)29(30)32-3)19-35-25(17-23-10-5-4-6-11-23)20-34-21-33-16-15-31-2/h7-9,12-14,18,23,25H,4-6,10-11,15-17,19-21H2,1-3H3/t25-/m0/s1. The van der Waals surface area contributed by atoms with Crippen LogP contribution in [0.15, 0.2) is 42.5 Å². The van der Waals surface area contributed by atoms with Gasteiger partial charge in [-0.2, -0.15) is 0 Å². The van der Waals surface area contributed by atoms with E-state index in [-0.39, 0.29) is 18.9 Å². The van der Waals surface area contributed by atoms with Gasteiger partial charge in [0.25, 0.3) is 0 Å². The number of carbonyl (C=O) groups is 1. The summed E-state index contributed by atoms with van der Waals surface area (Å²) in [6.45, 7) is 4.29. The first-order chi connectivity index (χ1) is 17.1. The minimum Gasteiger partial charge on any atom is -0.465 e. The Labute approximate surface area is 209 Å². The van der Waals surface area contributed by atoms with Crippen molar-refractivity contribution in [2.24, 2.45) is 5.92 Å². The zero-order valence-corrected chi connectivity index (χ0v) is 21.4. The second-order valence-electron chi connectivity index (χ2n) is 9.25. The van der Waals surface area contributed by atoms with Crippen LogP contribution in [-0.2, 0) is 30.3 Å². The molecule has 0 unspecified atom stereocenters. The lowest BCUT2D eigenvalue weighted by molar-refractivity contribution is -0.106. The van der Waals surface area contributed by atoms with E-state index in [9.17, 15) is 4.79 Å². The topological polar surface area (TPSA) is 63.2 Å². The van der Waals surface area contributed by atoms with Crippen LogP contribution in [0.1, 0.15) is 60.0 Å². The third-order valence-corrected chi connectivity index (χ3v) is 6.63. The first-order valence-corrected chi connectivity index (χ1v) is 12.7. The molecule has 3 rings (SSSR count). The quantitative estimate of drug-likeness (QED) is 0.188. The molecule has 0 amide bonds. The second kappa shape index (κ2) is 15.0. The van der Waals surface area contributed by atoms with Gasteiger partial charge in [-0.3, -0.25) is 0 Å². The number of rotatable bonds is 14. The van der Waals surface area contributed by atoms with Crippen molar-refractivity contribution < 1.29 is 28.5 Å². The van der Waals surface area contributed by atoms with Gasteiger partial charge in [0, 0.05) is 7.11 Å². The molecule has 0 N–H and O–H groups in total. The third-order valence-electron chi connectivity index (χ3n) is 6.63. The van der Waals surface area contributed by atoms with E-state index < -0.39 is 0 Å². The van der Waals surface area contributed by atoms with Crippen molar-refractivity contribution >= 4 is 5.97 Å². The van der Waals surface area contributed by atoms with Gasteiger partial charge in [0.2, 0.25) is 0 Å². The average Bonchev–Trinajstić information content (AvgIpc) is 2.89. The summed E-state index contributed by atoms with van der Waals surface area (Å²) in [4.78, 5) is 12.4. The van der Waals surface area contributed by atoms with Crippen molar-refractivity contribution in [2.75, 3.05) is 40.8 Å². The zero-order chi connectivity index (χ0) is 24.9. The number of methoxy groups -OCH3 is 2. The number of hydrogen-bond donors (Lipinski definition) is 0. The van der Waals surface area contributed by atoms with Gasteiger partial charge in [-0.05, 0) is 53.6 Å². The molecule has 6 nitrogen and oxygen atoms in total. The summed E-state index contributed by atoms with van der Waals surface area (Å²) in [7, 11) is 3.07. The van der Waals surface area contributed by atoms with E-state index in [1.54, 1.807) is 7.11 Å². The predicted molar refractivity (Wildman–Crippen MR) is 136 cm³/mol. The number of benzene rings is 2. The number of hydrogen-bond acceptors (Lipinski definition) is 6. The Morgan fingerprint density at radius 1 is 0.971 bits per heavy atom. The van der Waals surface area contributed by atoms with E-state index >= 15 is 0 Å². The first kappa shape index (κ1) is 27.3. The van der Waals surface area contributed by atoms with E-state index in [0.717, 1.165) is 28.7 Å². The van der Waals surface area contributed by atoms with E-state index in [0.29, 0.717) is 37.9 Å². The van der Waals surface area contributed by atoms with Crippen LogP contribution in [0.25, 0.3) is 11.1 Å². The molecular weight excluding hydrogens is 444 g/mol. The van der Waals surface area contributed by atoms with Crippen molar-refractivity contribution in [2.45, 2.75) is 58.2 Å². The Kier molecular flexibility index (Phi) is 11.7. The number of esters is 1. The molecule has 0 aliphatic heterocycles. The van der Waals surface area contributed by atoms with E-state index in [4.69, 9.17) is 23.7 Å². The summed E-state index contributed by atoms with van der Waals surface area (Å²) in [5.41, 5.74) is 4.56. The minimum atomic E-state index is -0.340. The smallest absolute Gasteiger partial charge is 0.338 e. The number of aryl methyl sites for hydroxylation is 1. The Hall–Kier alpha value is -2.25. The number of ether oxygens (including phenoxy) is 5. The fourth-order valence-electron chi connectivity index (χ4n) is 4.70. The maximum Gasteiger partial charge on any atom is 0.338 e. The molecule has 0 heterocycles. The molecule has 2 aromatic rings. The molecule has 0 spiro atoms. The lowest BCUT2D eigenvalue weighted by atomic mass is 9.85. The zero-order valence-electron chi connectivity index (χ0n) is 21.4. The van der Waals surface area contributed by atoms with E-state index in [1.807, 2.05) is 49.4 Å². The highest BCUT2D eigenvalue weighted by Crippen LogP contribution is 2.30. The van der Waals surface area contributed by atoms with Gasteiger partial charge in [-0.15, -0.1) is 0 Å². The molecule has 1 aliphatic rings. The Morgan fingerprint density at radius 2 is 1.77 bits per heavy atom. The molecule has 1 fully saturated rings. The van der Waals surface area contributed by atoms with E-state index in [2.05, 4.69) is 0 Å². The summed E-state index contributed by atoms with van der Waals surface area (Å²) in [5, 5.41) is 0. The van der Waals surface area contributed by atoms with Crippen molar-refractivity contribution in [3.8, 4) is 11.1 Å². The molecule has 0 saturated heterocycles. The lowest BCUT2D eigenvalue weighted by Crippen LogP contribution is -2.25. The molecule has 1 atom stereocenters. The number of carbonyl (C=O) groups excluding carboxylic acids is 1. The van der Waals surface area contributed by atoms with Crippen LogP contribution in [0.3, 0.4) is 0 Å². The maximum absolute atomic E-state index is 12.4. The largest absolute Gasteiger partial charge is 0.465 e. The van der Waals surface area contributed by atoms with Gasteiger partial charge < -0.3 is 23.7 Å². The Balaban J connectivity index is 1.69. The van der Waals surface area contributed by atoms with Crippen LogP contribution >= 0.6 is 0 Å². The average molecular weight is 485 g/mol. The third kappa shape index (κ3) is 8.73. The van der Waals surface area contributed by atoms with Crippen LogP contribution in [0.5, 0.6) is 0 Å². The SMILES string of the molecule is COCCOCOC[C@H](CC1CCCCC1)OCc1ccc(C(=O)OC)c(-c2ccccc2C)c1. The van der Waals surface area contributed by atoms with Crippen LogP contribution in [-0.4, -0.2) is 52.9 Å². The summed E-state index contributed by atoms with van der Waals surface area (Å²) in [6.07, 6.45) is 7.43. The molecule has 1 aliphatic carbocycles. The minimum absolute atomic E-state index is 0.00804. The lowest BCUT2D eigenvalue weighted by Gasteiger charge is -2.27. The van der Waals surface area contributed by atoms with Crippen molar-refractivity contribution in [3.63, 3.8) is 0 Å². The van der Waals surface area contributed by atoms with Crippen molar-refractivity contribution in [1.82, 2.24) is 0 Å². The maximum atomic E-state index is 12.4. The molecule has 0 bridgehead atoms. The monoisotopic (exact) mass is 484 g/mol. The molecule has 0 radical (unpaired) electrons. The van der Waals surface area contributed by atoms with Gasteiger partial charge in [0.05, 0.1) is 45.2 Å². The van der Waals surface area contributed by atoms with Gasteiger partial charge >= 0.3 is 5.97 Å². The fourth-order valence-corrected chi connectivity index (χ4v) is 4.70. The van der Waals surface area contributed by atoms with Gasteiger partial charge in [0.15, 0.2) is 0 Å². The molecule has 6 heteroatoms. The summed E-state index contributed by atoms with van der Waals surface area (Å²) >= 11 is 0. The fraction of sp³-hybridized carbons (Fsp3) is 0.552. The van der Waals surface area contributed by atoms with Crippen molar-refractivity contribution in [1.29, 1.82) is 0 Å². The van der Waals surface area contributed by atoms with Crippen molar-refractivity contribution in [3.05, 3.63) is 59.2 Å². The highest BCUT2D eigenvalue weighted by molar-refractivity contribution is 5.97. The normalized spacial score (nSPS) is 15.2. The molecule has 192 valence electrons. The second-order valence-corrected chi connectivity index (χ2v) is 9.25. The molecule has 35 heavy (non-hydrogen) atoms. The molecule has 2 aromatic carbocycles. The molecule has 0 aromatic heterocycles. The highest BCUT2D eigenvalue weighted by atomic mass is 16.7. The van der Waals surface area contributed by atoms with Gasteiger partial charge in [-0.25, -0.2) is 4.79 Å². The summed E-state index contributed by atoms with van der Waals surface area (Å²) in [5.74, 6) is 0.337. The van der Waals surface area contributed by atoms with Crippen LogP contribution in [0, 0.1) is 12.8 Å². The van der Waals surface area contributed by atoms with Crippen LogP contribution < -0.4 is 0 Å². The van der Waals surface area contributed by atoms with E-state index in [1.165, 1.54) is 39.2 Å². The summed E-state index contributed by atoms with van der Waals surface area (Å²) in [6, 6.07) is 13.9. The van der Waals surface area contributed by atoms with Gasteiger partial charge in [0.1, 0.15) is 6.79 Å². The highest BCUT2D eigenvalue weighted by Gasteiger charge is 2.21. The predicted octanol–water partition coefficient (Wildman–Crippen LogP) is 5.94. The molecular formula is C29H40O6. The first-order valence-electron chi connectivity index (χ1n) is 12.7. The summed E-state index contributed by atoms with van der Waals surface area (Å²) < 4.78 is 27.7. The molecule has 1 saturated carbocycles.